The number of benzene rings is 1. The standard InChI is InChI=1S/C23H29F3O4/c1-13(2)21(29-12-22-9-14-5-15(10-22)7-16(6-14)11-22)30-19-8-17(20(27)28)3-4-18(19)23(24,25)26/h3-4,8,13-16,21H,5-7,9-12H2,1-2H3,(H,27,28). The topological polar surface area (TPSA) is 55.8 Å². The van der Waals surface area contributed by atoms with Crippen LogP contribution >= 0.6 is 0 Å². The van der Waals surface area contributed by atoms with E-state index in [4.69, 9.17) is 9.47 Å². The van der Waals surface area contributed by atoms with Gasteiger partial charge in [-0.1, -0.05) is 13.8 Å². The summed E-state index contributed by atoms with van der Waals surface area (Å²) in [5, 5.41) is 9.18. The van der Waals surface area contributed by atoms with Crippen LogP contribution in [-0.2, 0) is 10.9 Å². The van der Waals surface area contributed by atoms with Crippen LogP contribution in [0.2, 0.25) is 0 Å². The Morgan fingerprint density at radius 1 is 1.13 bits per heavy atom. The minimum absolute atomic E-state index is 0.112. The van der Waals surface area contributed by atoms with E-state index in [2.05, 4.69) is 0 Å². The number of carboxylic acid groups (broad SMARTS) is 1. The van der Waals surface area contributed by atoms with Crippen molar-refractivity contribution >= 4 is 5.97 Å². The van der Waals surface area contributed by atoms with Crippen LogP contribution in [0.3, 0.4) is 0 Å². The van der Waals surface area contributed by atoms with Crippen LogP contribution in [0.5, 0.6) is 5.75 Å². The molecule has 0 aromatic heterocycles. The van der Waals surface area contributed by atoms with Crippen molar-refractivity contribution in [3.05, 3.63) is 29.3 Å². The average molecular weight is 426 g/mol. The van der Waals surface area contributed by atoms with E-state index in [1.54, 1.807) is 0 Å². The maximum Gasteiger partial charge on any atom is 0.419 e. The predicted molar refractivity (Wildman–Crippen MR) is 104 cm³/mol. The second kappa shape index (κ2) is 7.74. The molecule has 7 heteroatoms. The third kappa shape index (κ3) is 4.32. The van der Waals surface area contributed by atoms with Gasteiger partial charge in [-0.05, 0) is 79.9 Å². The van der Waals surface area contributed by atoms with Crippen molar-refractivity contribution in [2.24, 2.45) is 29.1 Å². The first-order valence-corrected chi connectivity index (χ1v) is 10.8. The van der Waals surface area contributed by atoms with Gasteiger partial charge in [0.2, 0.25) is 6.29 Å². The number of hydrogen-bond acceptors (Lipinski definition) is 3. The summed E-state index contributed by atoms with van der Waals surface area (Å²) in [5.74, 6) is 0.274. The molecule has 0 heterocycles. The van der Waals surface area contributed by atoms with Crippen LogP contribution in [0.4, 0.5) is 13.2 Å². The monoisotopic (exact) mass is 426 g/mol. The molecular formula is C23H29F3O4. The average Bonchev–Trinajstić information content (AvgIpc) is 2.62. The minimum atomic E-state index is -4.65. The highest BCUT2D eigenvalue weighted by molar-refractivity contribution is 5.88. The van der Waals surface area contributed by atoms with Crippen molar-refractivity contribution < 1.29 is 32.5 Å². The molecule has 1 unspecified atom stereocenters. The van der Waals surface area contributed by atoms with Crippen LogP contribution < -0.4 is 4.74 Å². The summed E-state index contributed by atoms with van der Waals surface area (Å²) in [5.41, 5.74) is -1.13. The summed E-state index contributed by atoms with van der Waals surface area (Å²) in [4.78, 5) is 11.3. The third-order valence-corrected chi connectivity index (χ3v) is 7.04. The molecule has 0 radical (unpaired) electrons. The van der Waals surface area contributed by atoms with Gasteiger partial charge in [0.25, 0.3) is 0 Å². The highest BCUT2D eigenvalue weighted by atomic mass is 19.4. The maximum atomic E-state index is 13.5. The van der Waals surface area contributed by atoms with E-state index in [1.165, 1.54) is 19.3 Å². The smallest absolute Gasteiger partial charge is 0.419 e. The van der Waals surface area contributed by atoms with Gasteiger partial charge in [0.05, 0.1) is 17.7 Å². The molecule has 0 spiro atoms. The van der Waals surface area contributed by atoms with Gasteiger partial charge in [0.15, 0.2) is 0 Å². The summed E-state index contributed by atoms with van der Waals surface area (Å²) in [6.07, 6.45) is 1.79. The number of ether oxygens (including phenoxy) is 2. The van der Waals surface area contributed by atoms with E-state index < -0.39 is 29.7 Å². The summed E-state index contributed by atoms with van der Waals surface area (Å²) in [7, 11) is 0. The SMILES string of the molecule is CC(C)C(OCC12CC3CC(CC(C3)C1)C2)Oc1cc(C(=O)O)ccc1C(F)(F)F. The van der Waals surface area contributed by atoms with Crippen molar-refractivity contribution in [2.45, 2.75) is 64.8 Å². The van der Waals surface area contributed by atoms with Gasteiger partial charge < -0.3 is 14.6 Å². The van der Waals surface area contributed by atoms with Gasteiger partial charge in [-0.2, -0.15) is 13.2 Å². The zero-order chi connectivity index (χ0) is 21.7. The first kappa shape index (κ1) is 21.5. The molecule has 1 atom stereocenters. The Hall–Kier alpha value is -1.76. The van der Waals surface area contributed by atoms with Crippen LogP contribution in [-0.4, -0.2) is 24.0 Å². The van der Waals surface area contributed by atoms with Crippen molar-refractivity contribution in [3.8, 4) is 5.75 Å². The van der Waals surface area contributed by atoms with Crippen molar-refractivity contribution in [2.75, 3.05) is 6.61 Å². The highest BCUT2D eigenvalue weighted by Gasteiger charge is 2.51. The van der Waals surface area contributed by atoms with Crippen molar-refractivity contribution in [1.82, 2.24) is 0 Å². The van der Waals surface area contributed by atoms with Crippen LogP contribution in [0.25, 0.3) is 0 Å². The number of alkyl halides is 3. The Bertz CT molecular complexity index is 767. The van der Waals surface area contributed by atoms with E-state index in [9.17, 15) is 23.1 Å². The minimum Gasteiger partial charge on any atom is -0.478 e. The summed E-state index contributed by atoms with van der Waals surface area (Å²) in [6, 6.07) is 2.64. The molecule has 1 aromatic carbocycles. The van der Waals surface area contributed by atoms with Crippen LogP contribution in [0.15, 0.2) is 18.2 Å². The molecule has 4 nitrogen and oxygen atoms in total. The van der Waals surface area contributed by atoms with Crippen molar-refractivity contribution in [3.63, 3.8) is 0 Å². The number of carbonyl (C=O) groups is 1. The van der Waals surface area contributed by atoms with Gasteiger partial charge in [-0.25, -0.2) is 4.79 Å². The molecule has 1 aromatic rings. The Kier molecular flexibility index (Phi) is 5.54. The molecule has 0 aliphatic heterocycles. The lowest BCUT2D eigenvalue weighted by molar-refractivity contribution is -0.171. The quantitative estimate of drug-likeness (QED) is 0.544. The molecule has 4 aliphatic carbocycles. The Morgan fingerprint density at radius 2 is 1.70 bits per heavy atom. The number of rotatable bonds is 7. The Balaban J connectivity index is 1.52. The first-order chi connectivity index (χ1) is 14.0. The van der Waals surface area contributed by atoms with E-state index in [0.29, 0.717) is 6.61 Å². The van der Waals surface area contributed by atoms with Gasteiger partial charge in [-0.15, -0.1) is 0 Å². The molecule has 4 saturated carbocycles. The van der Waals surface area contributed by atoms with Crippen molar-refractivity contribution in [1.29, 1.82) is 0 Å². The second-order valence-corrected chi connectivity index (χ2v) is 9.97. The first-order valence-electron chi connectivity index (χ1n) is 10.8. The molecule has 30 heavy (non-hydrogen) atoms. The molecule has 1 N–H and O–H groups in total. The molecular weight excluding hydrogens is 397 g/mol. The normalized spacial score (nSPS) is 31.2. The van der Waals surface area contributed by atoms with Gasteiger partial charge in [-0.3, -0.25) is 0 Å². The van der Waals surface area contributed by atoms with Crippen LogP contribution in [0.1, 0.15) is 68.3 Å². The Morgan fingerprint density at radius 3 is 2.17 bits per heavy atom. The number of hydrogen-bond donors (Lipinski definition) is 1. The predicted octanol–water partition coefficient (Wildman–Crippen LogP) is 6.00. The zero-order valence-electron chi connectivity index (χ0n) is 17.4. The fraction of sp³-hybridized carbons (Fsp3) is 0.696. The van der Waals surface area contributed by atoms with Crippen LogP contribution in [0, 0.1) is 29.1 Å². The molecule has 4 aliphatic rings. The van der Waals surface area contributed by atoms with E-state index in [-0.39, 0.29) is 16.9 Å². The second-order valence-electron chi connectivity index (χ2n) is 9.97. The Labute approximate surface area is 174 Å². The van der Waals surface area contributed by atoms with E-state index >= 15 is 0 Å². The molecule has 4 bridgehead atoms. The highest BCUT2D eigenvalue weighted by Crippen LogP contribution is 2.60. The number of aromatic carboxylic acids is 1. The number of halogens is 3. The number of carboxylic acids is 1. The summed E-state index contributed by atoms with van der Waals surface area (Å²) < 4.78 is 52.2. The van der Waals surface area contributed by atoms with E-state index in [1.807, 2.05) is 13.8 Å². The van der Waals surface area contributed by atoms with Gasteiger partial charge in [0.1, 0.15) is 5.75 Å². The molecule has 0 amide bonds. The lowest BCUT2D eigenvalue weighted by Gasteiger charge is -2.56. The summed E-state index contributed by atoms with van der Waals surface area (Å²) >= 11 is 0. The molecule has 0 saturated heterocycles. The fourth-order valence-corrected chi connectivity index (χ4v) is 6.20. The molecule has 166 valence electrons. The largest absolute Gasteiger partial charge is 0.478 e. The van der Waals surface area contributed by atoms with E-state index in [0.717, 1.165) is 55.2 Å². The summed E-state index contributed by atoms with van der Waals surface area (Å²) in [6.45, 7) is 4.15. The molecule has 5 rings (SSSR count). The third-order valence-electron chi connectivity index (χ3n) is 7.04. The lowest BCUT2D eigenvalue weighted by atomic mass is 9.50. The lowest BCUT2D eigenvalue weighted by Crippen LogP contribution is -2.49. The fourth-order valence-electron chi connectivity index (χ4n) is 6.20. The molecule has 4 fully saturated rings. The zero-order valence-corrected chi connectivity index (χ0v) is 17.4. The maximum absolute atomic E-state index is 13.5. The van der Waals surface area contributed by atoms with Gasteiger partial charge in [0, 0.05) is 5.92 Å². The van der Waals surface area contributed by atoms with Gasteiger partial charge >= 0.3 is 12.1 Å².